The van der Waals surface area contributed by atoms with Gasteiger partial charge in [0, 0.05) is 17.2 Å². The maximum Gasteiger partial charge on any atom is 0.281 e. The van der Waals surface area contributed by atoms with Gasteiger partial charge in [-0.15, -0.1) is 0 Å². The Morgan fingerprint density at radius 3 is 2.29 bits per heavy atom. The highest BCUT2D eigenvalue weighted by Gasteiger charge is 2.39. The van der Waals surface area contributed by atoms with Crippen molar-refractivity contribution in [2.45, 2.75) is 13.8 Å². The van der Waals surface area contributed by atoms with Crippen molar-refractivity contribution in [3.63, 3.8) is 0 Å². The monoisotopic (exact) mass is 345 g/mol. The molecule has 0 aromatic heterocycles. The number of carbonyl (C=O) groups is 2. The van der Waals surface area contributed by atoms with Crippen molar-refractivity contribution in [3.8, 4) is 5.75 Å². The molecular weight excluding hydrogens is 334 g/mol. The summed E-state index contributed by atoms with van der Waals surface area (Å²) < 4.78 is 5.24. The molecule has 0 radical (unpaired) electrons. The van der Waals surface area contributed by atoms with Gasteiger partial charge in [0.1, 0.15) is 11.3 Å². The van der Waals surface area contributed by atoms with Gasteiger partial charge < -0.3 is 4.74 Å². The topological polar surface area (TPSA) is 86.5 Å². The number of nitro benzene ring substituents is 1. The summed E-state index contributed by atoms with van der Waals surface area (Å²) in [5, 5.41) is 11.3. The Balaban J connectivity index is 2.43. The van der Waals surface area contributed by atoms with Gasteiger partial charge in [-0.3, -0.25) is 19.7 Å². The minimum atomic E-state index is -0.691. The van der Waals surface area contributed by atoms with Gasteiger partial charge in [-0.1, -0.05) is 11.6 Å². The first-order valence-electron chi connectivity index (χ1n) is 7.04. The lowest BCUT2D eigenvalue weighted by molar-refractivity contribution is -0.385. The van der Waals surface area contributed by atoms with Gasteiger partial charge in [0.25, 0.3) is 5.69 Å². The van der Waals surface area contributed by atoms with Gasteiger partial charge in [-0.2, -0.15) is 0 Å². The van der Waals surface area contributed by atoms with E-state index >= 15 is 0 Å². The molecule has 0 atom stereocenters. The number of halogens is 1. The summed E-state index contributed by atoms with van der Waals surface area (Å²) in [4.78, 5) is 36.4. The van der Waals surface area contributed by atoms with Crippen LogP contribution in [0.5, 0.6) is 5.75 Å². The number of ether oxygens (including phenoxy) is 1. The van der Waals surface area contributed by atoms with Gasteiger partial charge in [-0.05, 0) is 37.1 Å². The van der Waals surface area contributed by atoms with Crippen LogP contribution in [0, 0.1) is 24.0 Å². The summed E-state index contributed by atoms with van der Waals surface area (Å²) in [6.45, 7) is 3.48. The third-order valence-electron chi connectivity index (χ3n) is 4.33. The zero-order valence-electron chi connectivity index (χ0n) is 13.1. The molecule has 2 aromatic carbocycles. The minimum absolute atomic E-state index is 0.0208. The Morgan fingerprint density at radius 1 is 1.04 bits per heavy atom. The molecule has 1 aliphatic carbocycles. The molecule has 0 N–H and O–H groups in total. The van der Waals surface area contributed by atoms with Crippen LogP contribution in [0.2, 0.25) is 5.02 Å². The molecule has 0 unspecified atom stereocenters. The van der Waals surface area contributed by atoms with Crippen LogP contribution < -0.4 is 4.74 Å². The fraction of sp³-hybridized carbons (Fsp3) is 0.176. The molecule has 0 saturated heterocycles. The first kappa shape index (κ1) is 16.1. The predicted octanol–water partition coefficient (Wildman–Crippen LogP) is 3.65. The minimum Gasteiger partial charge on any atom is -0.496 e. The van der Waals surface area contributed by atoms with Crippen LogP contribution in [0.3, 0.4) is 0 Å². The Labute approximate surface area is 142 Å². The Kier molecular flexibility index (Phi) is 3.64. The van der Waals surface area contributed by atoms with Crippen molar-refractivity contribution in [2.75, 3.05) is 7.11 Å². The van der Waals surface area contributed by atoms with Crippen molar-refractivity contribution in [2.24, 2.45) is 0 Å². The number of carbonyl (C=O) groups excluding carboxylic acids is 2. The zero-order valence-corrected chi connectivity index (χ0v) is 13.9. The van der Waals surface area contributed by atoms with E-state index in [1.165, 1.54) is 19.2 Å². The van der Waals surface area contributed by atoms with Crippen molar-refractivity contribution >= 4 is 28.9 Å². The number of methoxy groups -OCH3 is 1. The Bertz CT molecular complexity index is 949. The van der Waals surface area contributed by atoms with Crippen LogP contribution in [-0.4, -0.2) is 23.6 Å². The second-order valence-electron chi connectivity index (χ2n) is 5.48. The molecule has 7 heteroatoms. The summed E-state index contributed by atoms with van der Waals surface area (Å²) in [6, 6.07) is 3.85. The second-order valence-corrected chi connectivity index (χ2v) is 5.89. The highest BCUT2D eigenvalue weighted by molar-refractivity contribution is 6.40. The van der Waals surface area contributed by atoms with Gasteiger partial charge >= 0.3 is 0 Å². The second kappa shape index (κ2) is 5.42. The van der Waals surface area contributed by atoms with Crippen molar-refractivity contribution in [3.05, 3.63) is 66.7 Å². The molecule has 1 aliphatic rings. The van der Waals surface area contributed by atoms with Crippen LogP contribution in [0.1, 0.15) is 43.0 Å². The van der Waals surface area contributed by atoms with E-state index < -0.39 is 22.2 Å². The highest BCUT2D eigenvalue weighted by atomic mass is 35.5. The molecule has 0 saturated carbocycles. The number of fused-ring (bicyclic) bond motifs is 2. The SMILES string of the molecule is COc1cc2c(c(C)c1C)C(=O)c1c(Cl)ccc([N+](=O)[O-])c1C2=O. The molecular formula is C17H12ClNO5. The summed E-state index contributed by atoms with van der Waals surface area (Å²) in [5.41, 5.74) is 0.811. The largest absolute Gasteiger partial charge is 0.496 e. The number of hydrogen-bond acceptors (Lipinski definition) is 5. The van der Waals surface area contributed by atoms with Gasteiger partial charge in [-0.25, -0.2) is 0 Å². The van der Waals surface area contributed by atoms with Crippen molar-refractivity contribution in [1.82, 2.24) is 0 Å². The fourth-order valence-corrected chi connectivity index (χ4v) is 3.24. The molecule has 0 spiro atoms. The van der Waals surface area contributed by atoms with Crippen molar-refractivity contribution < 1.29 is 19.2 Å². The molecule has 0 bridgehead atoms. The Morgan fingerprint density at radius 2 is 1.71 bits per heavy atom. The van der Waals surface area contributed by atoms with Crippen LogP contribution in [-0.2, 0) is 0 Å². The first-order chi connectivity index (χ1) is 11.3. The van der Waals surface area contributed by atoms with Gasteiger partial charge in [0.05, 0.1) is 22.6 Å². The summed E-state index contributed by atoms with van der Waals surface area (Å²) in [7, 11) is 1.45. The summed E-state index contributed by atoms with van der Waals surface area (Å²) in [6.07, 6.45) is 0. The molecule has 0 fully saturated rings. The fourth-order valence-electron chi connectivity index (χ4n) is 3.00. The average Bonchev–Trinajstić information content (AvgIpc) is 2.54. The number of hydrogen-bond donors (Lipinski definition) is 0. The normalized spacial score (nSPS) is 12.7. The lowest BCUT2D eigenvalue weighted by atomic mass is 9.80. The molecule has 0 heterocycles. The van der Waals surface area contributed by atoms with Crippen LogP contribution >= 0.6 is 11.6 Å². The van der Waals surface area contributed by atoms with Crippen molar-refractivity contribution in [1.29, 1.82) is 0 Å². The molecule has 6 nitrogen and oxygen atoms in total. The maximum atomic E-state index is 12.9. The van der Waals surface area contributed by atoms with E-state index in [1.807, 2.05) is 0 Å². The molecule has 2 aromatic rings. The predicted molar refractivity (Wildman–Crippen MR) is 87.4 cm³/mol. The smallest absolute Gasteiger partial charge is 0.281 e. The first-order valence-corrected chi connectivity index (χ1v) is 7.41. The molecule has 122 valence electrons. The molecule has 3 rings (SSSR count). The average molecular weight is 346 g/mol. The number of ketones is 2. The third kappa shape index (κ3) is 2.03. The lowest BCUT2D eigenvalue weighted by Gasteiger charge is -2.22. The van der Waals surface area contributed by atoms with Gasteiger partial charge in [0.15, 0.2) is 5.78 Å². The van der Waals surface area contributed by atoms with Gasteiger partial charge in [0.2, 0.25) is 5.78 Å². The maximum absolute atomic E-state index is 12.9. The van der Waals surface area contributed by atoms with E-state index in [0.717, 1.165) is 11.6 Å². The molecule has 0 amide bonds. The summed E-state index contributed by atoms with van der Waals surface area (Å²) >= 11 is 6.08. The Hall–Kier alpha value is -2.73. The highest BCUT2D eigenvalue weighted by Crippen LogP contribution is 2.40. The lowest BCUT2D eigenvalue weighted by Crippen LogP contribution is -2.24. The number of nitrogens with zero attached hydrogens (tertiary/aromatic N) is 1. The molecule has 0 aliphatic heterocycles. The number of rotatable bonds is 2. The van der Waals surface area contributed by atoms with Crippen LogP contribution in [0.4, 0.5) is 5.69 Å². The number of benzene rings is 2. The van der Waals surface area contributed by atoms with E-state index in [2.05, 4.69) is 0 Å². The van der Waals surface area contributed by atoms with E-state index in [0.29, 0.717) is 11.3 Å². The molecule has 24 heavy (non-hydrogen) atoms. The van der Waals surface area contributed by atoms with Crippen LogP contribution in [0.25, 0.3) is 0 Å². The van der Waals surface area contributed by atoms with E-state index in [4.69, 9.17) is 16.3 Å². The van der Waals surface area contributed by atoms with E-state index in [-0.39, 0.29) is 27.3 Å². The quantitative estimate of drug-likeness (QED) is 0.522. The standard InChI is InChI=1S/C17H12ClNO5/c1-7-8(2)13-9(6-12(7)24-3)16(20)15-11(19(22)23)5-4-10(18)14(15)17(13)21/h4-6H,1-3H3. The van der Waals surface area contributed by atoms with E-state index in [9.17, 15) is 19.7 Å². The van der Waals surface area contributed by atoms with E-state index in [1.54, 1.807) is 13.8 Å². The summed E-state index contributed by atoms with van der Waals surface area (Å²) in [5.74, 6) is -0.646. The third-order valence-corrected chi connectivity index (χ3v) is 4.64. The zero-order chi connectivity index (χ0) is 17.8. The van der Waals surface area contributed by atoms with Crippen LogP contribution in [0.15, 0.2) is 18.2 Å². The number of nitro groups is 1.